The van der Waals surface area contributed by atoms with Gasteiger partial charge in [0.25, 0.3) is 0 Å². The van der Waals surface area contributed by atoms with Crippen LogP contribution in [0, 0.1) is 11.3 Å². The Morgan fingerprint density at radius 2 is 1.81 bits per heavy atom. The van der Waals surface area contributed by atoms with Crippen LogP contribution < -0.4 is 0 Å². The normalized spacial score (nSPS) is 22.6. The van der Waals surface area contributed by atoms with Gasteiger partial charge in [-0.3, -0.25) is 0 Å². The number of allylic oxidation sites excluding steroid dienone is 3. The van der Waals surface area contributed by atoms with Gasteiger partial charge < -0.3 is 4.74 Å². The average Bonchev–Trinajstić information content (AvgIpc) is 1.97. The van der Waals surface area contributed by atoms with Gasteiger partial charge in [-0.05, 0) is 29.4 Å². The van der Waals surface area contributed by atoms with Crippen LogP contribution in [0.5, 0.6) is 0 Å². The highest BCUT2D eigenvalue weighted by molar-refractivity contribution is 5.34. The first-order valence-corrected chi connectivity index (χ1v) is 5.28. The summed E-state index contributed by atoms with van der Waals surface area (Å²) in [4.78, 5) is 0. The largest absolute Gasteiger partial charge is 0.573 e. The maximum Gasteiger partial charge on any atom is 0.573 e. The topological polar surface area (TPSA) is 9.23 Å². The molecule has 16 heavy (non-hydrogen) atoms. The van der Waals surface area contributed by atoms with Gasteiger partial charge in [0, 0.05) is 0 Å². The van der Waals surface area contributed by atoms with Crippen molar-refractivity contribution in [1.29, 1.82) is 0 Å². The van der Waals surface area contributed by atoms with Gasteiger partial charge >= 0.3 is 6.36 Å². The van der Waals surface area contributed by atoms with Crippen molar-refractivity contribution in [3.05, 3.63) is 23.5 Å². The summed E-state index contributed by atoms with van der Waals surface area (Å²) in [5.41, 5.74) is 0.292. The first-order valence-electron chi connectivity index (χ1n) is 5.28. The van der Waals surface area contributed by atoms with E-state index in [9.17, 15) is 13.2 Å². The van der Waals surface area contributed by atoms with Crippen molar-refractivity contribution >= 4 is 0 Å². The van der Waals surface area contributed by atoms with Gasteiger partial charge in [0.05, 0.1) is 0 Å². The number of ether oxygens (including phenoxy) is 1. The molecule has 92 valence electrons. The quantitative estimate of drug-likeness (QED) is 0.652. The molecule has 1 aliphatic rings. The van der Waals surface area contributed by atoms with E-state index in [-0.39, 0.29) is 17.1 Å². The third-order valence-electron chi connectivity index (χ3n) is 2.43. The molecule has 0 N–H and O–H groups in total. The van der Waals surface area contributed by atoms with E-state index in [0.717, 1.165) is 6.42 Å². The van der Waals surface area contributed by atoms with Crippen LogP contribution in [0.1, 0.15) is 34.1 Å². The van der Waals surface area contributed by atoms with E-state index >= 15 is 0 Å². The van der Waals surface area contributed by atoms with Crippen LogP contribution >= 0.6 is 0 Å². The third kappa shape index (κ3) is 3.58. The Kier molecular flexibility index (Phi) is 3.41. The Hall–Kier alpha value is -0.930. The Labute approximate surface area is 94.0 Å². The summed E-state index contributed by atoms with van der Waals surface area (Å²) < 4.78 is 40.8. The van der Waals surface area contributed by atoms with Crippen LogP contribution in [0.2, 0.25) is 0 Å². The molecule has 0 aromatic heterocycles. The summed E-state index contributed by atoms with van der Waals surface area (Å²) in [7, 11) is 0. The SMILES string of the molecule is CC1C=C(OC(F)(F)F)C(C(C)(C)C)=CC1. The van der Waals surface area contributed by atoms with Crippen molar-refractivity contribution in [2.45, 2.75) is 40.5 Å². The molecule has 1 nitrogen and oxygen atoms in total. The minimum atomic E-state index is -4.62. The Bertz CT molecular complexity index is 318. The fourth-order valence-corrected chi connectivity index (χ4v) is 1.71. The van der Waals surface area contributed by atoms with Gasteiger partial charge in [-0.25, -0.2) is 0 Å². The van der Waals surface area contributed by atoms with Crippen molar-refractivity contribution < 1.29 is 17.9 Å². The van der Waals surface area contributed by atoms with Gasteiger partial charge in [-0.1, -0.05) is 33.8 Å². The average molecular weight is 234 g/mol. The van der Waals surface area contributed by atoms with Crippen molar-refractivity contribution in [2.24, 2.45) is 11.3 Å². The summed E-state index contributed by atoms with van der Waals surface area (Å²) in [5.74, 6) is 0.0437. The first-order chi connectivity index (χ1) is 7.09. The summed E-state index contributed by atoms with van der Waals surface area (Å²) in [6.45, 7) is 7.50. The Balaban J connectivity index is 2.97. The maximum atomic E-state index is 12.2. The molecule has 4 heteroatoms. The smallest absolute Gasteiger partial charge is 0.406 e. The molecule has 0 saturated carbocycles. The second kappa shape index (κ2) is 4.15. The number of halogens is 3. The lowest BCUT2D eigenvalue weighted by Crippen LogP contribution is -2.22. The highest BCUT2D eigenvalue weighted by atomic mass is 19.4. The Morgan fingerprint density at radius 3 is 2.25 bits per heavy atom. The van der Waals surface area contributed by atoms with Crippen LogP contribution in [0.25, 0.3) is 0 Å². The maximum absolute atomic E-state index is 12.2. The van der Waals surface area contributed by atoms with Crippen molar-refractivity contribution in [2.75, 3.05) is 0 Å². The predicted octanol–water partition coefficient (Wildman–Crippen LogP) is 4.42. The number of rotatable bonds is 1. The van der Waals surface area contributed by atoms with Crippen molar-refractivity contribution in [1.82, 2.24) is 0 Å². The zero-order valence-corrected chi connectivity index (χ0v) is 9.98. The second-order valence-electron chi connectivity index (χ2n) is 5.16. The van der Waals surface area contributed by atoms with E-state index in [2.05, 4.69) is 4.74 Å². The fourth-order valence-electron chi connectivity index (χ4n) is 1.71. The molecule has 0 aliphatic heterocycles. The fraction of sp³-hybridized carbons (Fsp3) is 0.667. The molecular weight excluding hydrogens is 217 g/mol. The molecule has 0 fully saturated rings. The lowest BCUT2D eigenvalue weighted by atomic mass is 9.80. The molecule has 0 aromatic carbocycles. The van der Waals surface area contributed by atoms with E-state index in [4.69, 9.17) is 0 Å². The predicted molar refractivity (Wildman–Crippen MR) is 56.5 cm³/mol. The zero-order valence-electron chi connectivity index (χ0n) is 9.98. The summed E-state index contributed by atoms with van der Waals surface area (Å²) in [6.07, 6.45) is -0.468. The van der Waals surface area contributed by atoms with E-state index in [1.54, 1.807) is 6.08 Å². The van der Waals surface area contributed by atoms with Crippen LogP contribution in [-0.2, 0) is 4.74 Å². The molecular formula is C12H17F3O. The highest BCUT2D eigenvalue weighted by Gasteiger charge is 2.36. The van der Waals surface area contributed by atoms with Gasteiger partial charge in [0.15, 0.2) is 0 Å². The molecule has 0 heterocycles. The highest BCUT2D eigenvalue weighted by Crippen LogP contribution is 2.39. The number of alkyl halides is 3. The molecule has 0 radical (unpaired) electrons. The van der Waals surface area contributed by atoms with Crippen LogP contribution in [0.4, 0.5) is 13.2 Å². The lowest BCUT2D eigenvalue weighted by molar-refractivity contribution is -0.304. The molecule has 1 atom stereocenters. The summed E-state index contributed by atoms with van der Waals surface area (Å²) >= 11 is 0. The summed E-state index contributed by atoms with van der Waals surface area (Å²) in [6, 6.07) is 0. The lowest BCUT2D eigenvalue weighted by Gasteiger charge is -2.29. The van der Waals surface area contributed by atoms with Gasteiger partial charge in [0.2, 0.25) is 0 Å². The van der Waals surface area contributed by atoms with Gasteiger partial charge in [-0.15, -0.1) is 13.2 Å². The Morgan fingerprint density at radius 1 is 1.25 bits per heavy atom. The molecule has 0 aromatic rings. The van der Waals surface area contributed by atoms with Gasteiger partial charge in [0.1, 0.15) is 5.76 Å². The standard InChI is InChI=1S/C12H17F3O/c1-8-5-6-9(11(2,3)4)10(7-8)16-12(13,14)15/h6-8H,5H2,1-4H3. The zero-order chi connectivity index (χ0) is 12.6. The minimum Gasteiger partial charge on any atom is -0.406 e. The monoisotopic (exact) mass is 234 g/mol. The van der Waals surface area contributed by atoms with Gasteiger partial charge in [-0.2, -0.15) is 0 Å². The first kappa shape index (κ1) is 13.1. The van der Waals surface area contributed by atoms with Crippen molar-refractivity contribution in [3.63, 3.8) is 0 Å². The number of hydrogen-bond acceptors (Lipinski definition) is 1. The summed E-state index contributed by atoms with van der Waals surface area (Å²) in [5, 5.41) is 0. The second-order valence-corrected chi connectivity index (χ2v) is 5.16. The molecule has 0 saturated heterocycles. The van der Waals surface area contributed by atoms with Crippen molar-refractivity contribution in [3.8, 4) is 0 Å². The third-order valence-corrected chi connectivity index (χ3v) is 2.43. The minimum absolute atomic E-state index is 0.0428. The van der Waals surface area contributed by atoms with E-state index < -0.39 is 6.36 Å². The molecule has 0 bridgehead atoms. The van der Waals surface area contributed by atoms with E-state index in [1.165, 1.54) is 0 Å². The van der Waals surface area contributed by atoms with Crippen LogP contribution in [0.3, 0.4) is 0 Å². The molecule has 0 amide bonds. The number of hydrogen-bond donors (Lipinski definition) is 0. The van der Waals surface area contributed by atoms with Crippen LogP contribution in [0.15, 0.2) is 23.5 Å². The van der Waals surface area contributed by atoms with E-state index in [0.29, 0.717) is 5.57 Å². The van der Waals surface area contributed by atoms with E-state index in [1.807, 2.05) is 33.8 Å². The molecule has 1 unspecified atom stereocenters. The molecule has 0 spiro atoms. The molecule has 1 aliphatic carbocycles. The van der Waals surface area contributed by atoms with Crippen LogP contribution in [-0.4, -0.2) is 6.36 Å². The molecule has 1 rings (SSSR count).